The monoisotopic (exact) mass is 178 g/mol. The van der Waals surface area contributed by atoms with Gasteiger partial charge in [0.05, 0.1) is 11.0 Å². The normalized spacial score (nSPS) is 10.4. The van der Waals surface area contributed by atoms with Crippen molar-refractivity contribution in [1.82, 2.24) is 9.97 Å². The van der Waals surface area contributed by atoms with E-state index >= 15 is 0 Å². The number of hydrogen-bond donors (Lipinski definition) is 2. The summed E-state index contributed by atoms with van der Waals surface area (Å²) in [7, 11) is 0. The quantitative estimate of drug-likeness (QED) is 0.652. The predicted octanol–water partition coefficient (Wildman–Crippen LogP) is 1.63. The lowest BCUT2D eigenvalue weighted by Gasteiger charge is -1.81. The van der Waals surface area contributed by atoms with Crippen LogP contribution in [0.2, 0.25) is 0 Å². The molecular formula is C8H6N2OS. The van der Waals surface area contributed by atoms with Crippen molar-refractivity contribution in [3.05, 3.63) is 30.1 Å². The Bertz CT molecular complexity index is 402. The van der Waals surface area contributed by atoms with E-state index < -0.39 is 0 Å². The highest BCUT2D eigenvalue weighted by molar-refractivity contribution is 7.97. The van der Waals surface area contributed by atoms with E-state index in [4.69, 9.17) is 0 Å². The molecule has 0 atom stereocenters. The number of para-hydroxylation sites is 2. The summed E-state index contributed by atoms with van der Waals surface area (Å²) in [4.78, 5) is 17.7. The Balaban J connectivity index is 2.70. The number of H-pyrrole nitrogens is 1. The Hall–Kier alpha value is -1.29. The zero-order chi connectivity index (χ0) is 8.55. The van der Waals surface area contributed by atoms with Gasteiger partial charge >= 0.3 is 0 Å². The van der Waals surface area contributed by atoms with Crippen LogP contribution in [-0.4, -0.2) is 15.1 Å². The van der Waals surface area contributed by atoms with E-state index in [2.05, 4.69) is 22.6 Å². The largest absolute Gasteiger partial charge is 0.335 e. The third kappa shape index (κ3) is 1.10. The summed E-state index contributed by atoms with van der Waals surface area (Å²) < 4.78 is 0. The van der Waals surface area contributed by atoms with Crippen molar-refractivity contribution < 1.29 is 4.79 Å². The first-order valence-electron chi connectivity index (χ1n) is 3.45. The number of thiol groups is 1. The Morgan fingerprint density at radius 2 is 2.17 bits per heavy atom. The molecule has 0 aliphatic heterocycles. The number of carbonyl (C=O) groups is 1. The van der Waals surface area contributed by atoms with Crippen LogP contribution in [-0.2, 0) is 0 Å². The molecule has 0 saturated heterocycles. The highest BCUT2D eigenvalue weighted by Crippen LogP contribution is 2.10. The van der Waals surface area contributed by atoms with Gasteiger partial charge in [0.2, 0.25) is 0 Å². The number of imidazole rings is 1. The highest BCUT2D eigenvalue weighted by Gasteiger charge is 2.05. The van der Waals surface area contributed by atoms with E-state index in [9.17, 15) is 4.79 Å². The second kappa shape index (κ2) is 2.64. The Labute approximate surface area is 74.2 Å². The zero-order valence-electron chi connectivity index (χ0n) is 6.11. The fraction of sp³-hybridized carbons (Fsp3) is 0. The van der Waals surface area contributed by atoms with Crippen molar-refractivity contribution in [2.75, 3.05) is 0 Å². The first-order chi connectivity index (χ1) is 5.77. The molecule has 0 bridgehead atoms. The van der Waals surface area contributed by atoms with Gasteiger partial charge in [-0.1, -0.05) is 24.8 Å². The van der Waals surface area contributed by atoms with E-state index in [0.29, 0.717) is 5.82 Å². The molecule has 1 N–H and O–H groups in total. The molecule has 0 fully saturated rings. The van der Waals surface area contributed by atoms with Crippen molar-refractivity contribution in [2.45, 2.75) is 0 Å². The van der Waals surface area contributed by atoms with Gasteiger partial charge in [-0.3, -0.25) is 4.79 Å². The van der Waals surface area contributed by atoms with Gasteiger partial charge in [-0.2, -0.15) is 0 Å². The number of nitrogens with zero attached hydrogens (tertiary/aromatic N) is 1. The zero-order valence-corrected chi connectivity index (χ0v) is 7.01. The van der Waals surface area contributed by atoms with Gasteiger partial charge in [0, 0.05) is 0 Å². The summed E-state index contributed by atoms with van der Waals surface area (Å²) in [5, 5.41) is -0.341. The van der Waals surface area contributed by atoms with Crippen molar-refractivity contribution in [1.29, 1.82) is 0 Å². The van der Waals surface area contributed by atoms with Crippen LogP contribution in [0.25, 0.3) is 11.0 Å². The maximum atomic E-state index is 10.8. The van der Waals surface area contributed by atoms with Gasteiger partial charge in [-0.05, 0) is 12.1 Å². The van der Waals surface area contributed by atoms with Crippen LogP contribution in [0.4, 0.5) is 0 Å². The number of benzene rings is 1. The van der Waals surface area contributed by atoms with Crippen LogP contribution in [0.1, 0.15) is 10.6 Å². The standard InChI is InChI=1S/C8H6N2OS/c11-8(12)7-9-5-3-1-2-4-6(5)10-7/h1-4H,(H,9,10)(H,11,12). The Morgan fingerprint density at radius 1 is 1.42 bits per heavy atom. The third-order valence-corrected chi connectivity index (χ3v) is 1.80. The lowest BCUT2D eigenvalue weighted by Crippen LogP contribution is -1.90. The number of fused-ring (bicyclic) bond motifs is 1. The average Bonchev–Trinajstić information content (AvgIpc) is 2.46. The molecule has 0 saturated carbocycles. The molecule has 1 aromatic carbocycles. The lowest BCUT2D eigenvalue weighted by molar-refractivity contribution is 0.108. The van der Waals surface area contributed by atoms with Crippen LogP contribution in [0, 0.1) is 0 Å². The molecule has 3 nitrogen and oxygen atoms in total. The van der Waals surface area contributed by atoms with Gasteiger partial charge in [0.25, 0.3) is 5.12 Å². The minimum absolute atomic E-state index is 0.291. The number of aromatic nitrogens is 2. The number of hydrogen-bond acceptors (Lipinski definition) is 2. The number of nitrogens with one attached hydrogen (secondary N) is 1. The molecule has 0 spiro atoms. The highest BCUT2D eigenvalue weighted by atomic mass is 32.1. The first kappa shape index (κ1) is 7.36. The molecular weight excluding hydrogens is 172 g/mol. The van der Waals surface area contributed by atoms with Crippen LogP contribution < -0.4 is 0 Å². The average molecular weight is 178 g/mol. The maximum Gasteiger partial charge on any atom is 0.251 e. The molecule has 12 heavy (non-hydrogen) atoms. The van der Waals surface area contributed by atoms with E-state index in [-0.39, 0.29) is 5.12 Å². The van der Waals surface area contributed by atoms with Crippen LogP contribution in [0.5, 0.6) is 0 Å². The summed E-state index contributed by atoms with van der Waals surface area (Å²) >= 11 is 3.67. The lowest BCUT2D eigenvalue weighted by atomic mass is 10.3. The summed E-state index contributed by atoms with van der Waals surface area (Å²) in [6, 6.07) is 7.46. The van der Waals surface area contributed by atoms with Crippen LogP contribution in [0.3, 0.4) is 0 Å². The molecule has 0 aliphatic rings. The molecule has 0 unspecified atom stereocenters. The maximum absolute atomic E-state index is 10.8. The number of rotatable bonds is 1. The molecule has 0 radical (unpaired) electrons. The SMILES string of the molecule is O=C(S)c1nc2ccccc2[nH]1. The van der Waals surface area contributed by atoms with Gasteiger partial charge in [-0.25, -0.2) is 4.98 Å². The Kier molecular flexibility index (Phi) is 1.62. The van der Waals surface area contributed by atoms with Gasteiger partial charge in [0.1, 0.15) is 0 Å². The molecule has 60 valence electrons. The molecule has 4 heteroatoms. The molecule has 2 rings (SSSR count). The molecule has 1 heterocycles. The van der Waals surface area contributed by atoms with Crippen molar-refractivity contribution in [2.24, 2.45) is 0 Å². The fourth-order valence-electron chi connectivity index (χ4n) is 1.05. The molecule has 2 aromatic rings. The van der Waals surface area contributed by atoms with Crippen LogP contribution >= 0.6 is 12.6 Å². The van der Waals surface area contributed by atoms with E-state index in [0.717, 1.165) is 11.0 Å². The van der Waals surface area contributed by atoms with E-state index in [1.165, 1.54) is 0 Å². The second-order valence-electron chi connectivity index (χ2n) is 2.41. The minimum atomic E-state index is -0.341. The summed E-state index contributed by atoms with van der Waals surface area (Å²) in [6.07, 6.45) is 0. The van der Waals surface area contributed by atoms with Crippen molar-refractivity contribution in [3.63, 3.8) is 0 Å². The molecule has 1 aromatic heterocycles. The van der Waals surface area contributed by atoms with Gasteiger partial charge in [0.15, 0.2) is 5.82 Å². The van der Waals surface area contributed by atoms with Gasteiger partial charge < -0.3 is 4.98 Å². The third-order valence-electron chi connectivity index (χ3n) is 1.59. The predicted molar refractivity (Wildman–Crippen MR) is 49.4 cm³/mol. The first-order valence-corrected chi connectivity index (χ1v) is 3.90. The number of carbonyl (C=O) groups excluding carboxylic acids is 1. The second-order valence-corrected chi connectivity index (χ2v) is 2.81. The summed E-state index contributed by atoms with van der Waals surface area (Å²) in [5.74, 6) is 0.291. The number of aromatic amines is 1. The minimum Gasteiger partial charge on any atom is -0.335 e. The van der Waals surface area contributed by atoms with E-state index in [1.54, 1.807) is 0 Å². The Morgan fingerprint density at radius 3 is 2.83 bits per heavy atom. The topological polar surface area (TPSA) is 45.8 Å². The van der Waals surface area contributed by atoms with E-state index in [1.807, 2.05) is 24.3 Å². The summed E-state index contributed by atoms with van der Waals surface area (Å²) in [5.41, 5.74) is 1.64. The molecule has 0 aliphatic carbocycles. The van der Waals surface area contributed by atoms with Crippen molar-refractivity contribution in [3.8, 4) is 0 Å². The molecule has 0 amide bonds. The van der Waals surface area contributed by atoms with Crippen molar-refractivity contribution >= 4 is 28.8 Å². The fourth-order valence-corrected chi connectivity index (χ4v) is 1.16. The summed E-state index contributed by atoms with van der Waals surface area (Å²) in [6.45, 7) is 0. The van der Waals surface area contributed by atoms with Gasteiger partial charge in [-0.15, -0.1) is 0 Å². The van der Waals surface area contributed by atoms with Crippen LogP contribution in [0.15, 0.2) is 24.3 Å². The smallest absolute Gasteiger partial charge is 0.251 e.